The molecule has 6 heteroatoms. The molecule has 17 heavy (non-hydrogen) atoms. The Kier molecular flexibility index (Phi) is 3.03. The Labute approximate surface area is 95.9 Å². The van der Waals surface area contributed by atoms with Gasteiger partial charge in [-0.15, -0.1) is 0 Å². The molecule has 0 saturated heterocycles. The molecule has 3 nitrogen and oxygen atoms in total. The zero-order valence-corrected chi connectivity index (χ0v) is 9.04. The highest BCUT2D eigenvalue weighted by Crippen LogP contribution is 2.20. The maximum absolute atomic E-state index is 13.3. The average molecular weight is 241 g/mol. The summed E-state index contributed by atoms with van der Waals surface area (Å²) in [7, 11) is 1.74. The smallest absolute Gasteiger partial charge is 0.152 e. The van der Waals surface area contributed by atoms with Gasteiger partial charge < -0.3 is 5.32 Å². The van der Waals surface area contributed by atoms with Crippen molar-refractivity contribution in [2.45, 2.75) is 6.54 Å². The monoisotopic (exact) mass is 241 g/mol. The van der Waals surface area contributed by atoms with Crippen LogP contribution in [0, 0.1) is 17.5 Å². The van der Waals surface area contributed by atoms with E-state index < -0.39 is 17.5 Å². The Morgan fingerprint density at radius 1 is 1.24 bits per heavy atom. The molecule has 1 heterocycles. The van der Waals surface area contributed by atoms with Gasteiger partial charge in [-0.25, -0.2) is 13.2 Å². The fraction of sp³-hybridized carbons (Fsp3) is 0.182. The zero-order valence-electron chi connectivity index (χ0n) is 9.04. The number of aryl methyl sites for hydroxylation is 1. The summed E-state index contributed by atoms with van der Waals surface area (Å²) < 4.78 is 40.7. The summed E-state index contributed by atoms with van der Waals surface area (Å²) in [6.07, 6.45) is 1.72. The van der Waals surface area contributed by atoms with Crippen molar-refractivity contribution in [3.63, 3.8) is 0 Å². The summed E-state index contributed by atoms with van der Waals surface area (Å²) in [5.41, 5.74) is 0.285. The molecule has 0 aliphatic rings. The van der Waals surface area contributed by atoms with E-state index in [1.165, 1.54) is 0 Å². The van der Waals surface area contributed by atoms with Crippen LogP contribution in [0.1, 0.15) is 5.69 Å². The van der Waals surface area contributed by atoms with Crippen LogP contribution in [-0.2, 0) is 13.6 Å². The number of aromatic nitrogens is 2. The molecule has 0 fully saturated rings. The number of nitrogens with one attached hydrogen (secondary N) is 1. The van der Waals surface area contributed by atoms with E-state index >= 15 is 0 Å². The number of halogens is 3. The predicted molar refractivity (Wildman–Crippen MR) is 56.9 cm³/mol. The molecule has 1 N–H and O–H groups in total. The SMILES string of the molecule is Cn1ccc(CNc2c(F)cc(F)cc2F)n1. The van der Waals surface area contributed by atoms with Gasteiger partial charge in [-0.3, -0.25) is 4.68 Å². The van der Waals surface area contributed by atoms with E-state index in [1.54, 1.807) is 24.0 Å². The van der Waals surface area contributed by atoms with Crippen molar-refractivity contribution in [1.29, 1.82) is 0 Å². The van der Waals surface area contributed by atoms with Crippen molar-refractivity contribution in [2.75, 3.05) is 5.32 Å². The number of nitrogens with zero attached hydrogens (tertiary/aromatic N) is 2. The Morgan fingerprint density at radius 2 is 1.88 bits per heavy atom. The summed E-state index contributed by atoms with van der Waals surface area (Å²) in [4.78, 5) is 0. The van der Waals surface area contributed by atoms with E-state index in [2.05, 4.69) is 10.4 Å². The van der Waals surface area contributed by atoms with Gasteiger partial charge in [0.2, 0.25) is 0 Å². The van der Waals surface area contributed by atoms with Crippen LogP contribution in [-0.4, -0.2) is 9.78 Å². The van der Waals surface area contributed by atoms with Crippen LogP contribution in [0.4, 0.5) is 18.9 Å². The Morgan fingerprint density at radius 3 is 2.41 bits per heavy atom. The Bertz CT molecular complexity index is 514. The van der Waals surface area contributed by atoms with Crippen LogP contribution in [0.5, 0.6) is 0 Å². The molecule has 2 aromatic rings. The lowest BCUT2D eigenvalue weighted by Gasteiger charge is -2.07. The lowest BCUT2D eigenvalue weighted by molar-refractivity contribution is 0.547. The zero-order chi connectivity index (χ0) is 12.4. The Balaban J connectivity index is 2.14. The third kappa shape index (κ3) is 2.58. The molecule has 90 valence electrons. The topological polar surface area (TPSA) is 29.9 Å². The third-order valence-electron chi connectivity index (χ3n) is 2.22. The summed E-state index contributed by atoms with van der Waals surface area (Å²) in [5, 5.41) is 6.58. The second-order valence-corrected chi connectivity index (χ2v) is 3.58. The molecule has 2 rings (SSSR count). The predicted octanol–water partition coefficient (Wildman–Crippen LogP) is 2.45. The van der Waals surface area contributed by atoms with Crippen molar-refractivity contribution < 1.29 is 13.2 Å². The number of hydrogen-bond acceptors (Lipinski definition) is 2. The van der Waals surface area contributed by atoms with Crippen molar-refractivity contribution in [1.82, 2.24) is 9.78 Å². The van der Waals surface area contributed by atoms with Crippen LogP contribution in [0.25, 0.3) is 0 Å². The quantitative estimate of drug-likeness (QED) is 0.894. The first-order chi connectivity index (χ1) is 8.06. The minimum absolute atomic E-state index is 0.167. The highest BCUT2D eigenvalue weighted by molar-refractivity contribution is 5.46. The molecule has 0 aliphatic heterocycles. The second-order valence-electron chi connectivity index (χ2n) is 3.58. The van der Waals surface area contributed by atoms with Crippen LogP contribution in [0.2, 0.25) is 0 Å². The van der Waals surface area contributed by atoms with Gasteiger partial charge in [0.1, 0.15) is 11.5 Å². The van der Waals surface area contributed by atoms with Crippen molar-refractivity contribution in [3.05, 3.63) is 47.5 Å². The molecule has 0 amide bonds. The fourth-order valence-electron chi connectivity index (χ4n) is 1.45. The van der Waals surface area contributed by atoms with Gasteiger partial charge in [0, 0.05) is 25.4 Å². The molecule has 1 aromatic carbocycles. The largest absolute Gasteiger partial charge is 0.375 e. The first-order valence-electron chi connectivity index (χ1n) is 4.93. The lowest BCUT2D eigenvalue weighted by atomic mass is 10.2. The molecule has 0 bridgehead atoms. The van der Waals surface area contributed by atoms with Gasteiger partial charge >= 0.3 is 0 Å². The number of rotatable bonds is 3. The molecule has 0 aliphatic carbocycles. The van der Waals surface area contributed by atoms with Crippen molar-refractivity contribution in [3.8, 4) is 0 Å². The minimum atomic E-state index is -0.960. The number of benzene rings is 1. The van der Waals surface area contributed by atoms with E-state index in [4.69, 9.17) is 0 Å². The van der Waals surface area contributed by atoms with Crippen LogP contribution < -0.4 is 5.32 Å². The van der Waals surface area contributed by atoms with Gasteiger partial charge in [0.05, 0.1) is 12.2 Å². The van der Waals surface area contributed by atoms with E-state index in [0.29, 0.717) is 17.8 Å². The summed E-state index contributed by atoms with van der Waals surface area (Å²) in [5.74, 6) is -2.86. The first kappa shape index (κ1) is 11.5. The van der Waals surface area contributed by atoms with Crippen LogP contribution in [0.3, 0.4) is 0 Å². The van der Waals surface area contributed by atoms with Gasteiger partial charge in [0.25, 0.3) is 0 Å². The normalized spacial score (nSPS) is 10.6. The molecular formula is C11H10F3N3. The molecule has 0 spiro atoms. The van der Waals surface area contributed by atoms with Crippen LogP contribution >= 0.6 is 0 Å². The van der Waals surface area contributed by atoms with E-state index in [0.717, 1.165) is 0 Å². The summed E-state index contributed by atoms with van der Waals surface area (Å²) >= 11 is 0. The fourth-order valence-corrected chi connectivity index (χ4v) is 1.45. The van der Waals surface area contributed by atoms with Crippen molar-refractivity contribution in [2.24, 2.45) is 7.05 Å². The van der Waals surface area contributed by atoms with Gasteiger partial charge in [0.15, 0.2) is 11.6 Å². The maximum atomic E-state index is 13.3. The van der Waals surface area contributed by atoms with Gasteiger partial charge in [-0.2, -0.15) is 5.10 Å². The first-order valence-corrected chi connectivity index (χ1v) is 4.93. The highest BCUT2D eigenvalue weighted by atomic mass is 19.1. The van der Waals surface area contributed by atoms with E-state index in [-0.39, 0.29) is 12.2 Å². The second kappa shape index (κ2) is 4.48. The lowest BCUT2D eigenvalue weighted by Crippen LogP contribution is -2.05. The third-order valence-corrected chi connectivity index (χ3v) is 2.22. The van der Waals surface area contributed by atoms with Gasteiger partial charge in [-0.05, 0) is 6.07 Å². The molecule has 0 unspecified atom stereocenters. The average Bonchev–Trinajstić information content (AvgIpc) is 2.62. The molecule has 0 saturated carbocycles. The van der Waals surface area contributed by atoms with Gasteiger partial charge in [-0.1, -0.05) is 0 Å². The Hall–Kier alpha value is -1.98. The molecule has 0 atom stereocenters. The minimum Gasteiger partial charge on any atom is -0.375 e. The number of anilines is 1. The summed E-state index contributed by atoms with van der Waals surface area (Å²) in [6, 6.07) is 2.97. The molecule has 1 aromatic heterocycles. The van der Waals surface area contributed by atoms with Crippen LogP contribution in [0.15, 0.2) is 24.4 Å². The van der Waals surface area contributed by atoms with Crippen molar-refractivity contribution >= 4 is 5.69 Å². The standard InChI is InChI=1S/C11H10F3N3/c1-17-3-2-8(16-17)6-15-11-9(13)4-7(12)5-10(11)14/h2-5,15H,6H2,1H3. The van der Waals surface area contributed by atoms with E-state index in [1.807, 2.05) is 0 Å². The number of hydrogen-bond donors (Lipinski definition) is 1. The molecule has 0 radical (unpaired) electrons. The summed E-state index contributed by atoms with van der Waals surface area (Å²) in [6.45, 7) is 0.167. The molecular weight excluding hydrogens is 231 g/mol. The van der Waals surface area contributed by atoms with E-state index in [9.17, 15) is 13.2 Å². The highest BCUT2D eigenvalue weighted by Gasteiger charge is 2.11. The maximum Gasteiger partial charge on any atom is 0.152 e.